The Hall–Kier alpha value is -2.04. The molecule has 0 amide bonds. The summed E-state index contributed by atoms with van der Waals surface area (Å²) in [5, 5.41) is 10.8. The van der Waals surface area contributed by atoms with Crippen molar-refractivity contribution in [2.45, 2.75) is 19.8 Å². The van der Waals surface area contributed by atoms with Crippen molar-refractivity contribution < 1.29 is 9.84 Å². The average Bonchev–Trinajstić information content (AvgIpc) is 2.86. The fourth-order valence-electron chi connectivity index (χ4n) is 2.21. The van der Waals surface area contributed by atoms with E-state index in [2.05, 4.69) is 4.98 Å². The van der Waals surface area contributed by atoms with Crippen LogP contribution in [-0.4, -0.2) is 20.9 Å². The van der Waals surface area contributed by atoms with E-state index in [1.165, 1.54) is 0 Å². The first-order valence-corrected chi connectivity index (χ1v) is 7.02. The SMILES string of the molecule is Cc1cc(O[C@H](O)Cn2cnc3ccccc32)ccc1Cl. The van der Waals surface area contributed by atoms with Crippen LogP contribution in [0.1, 0.15) is 5.56 Å². The lowest BCUT2D eigenvalue weighted by molar-refractivity contribution is -0.0286. The molecule has 1 aromatic heterocycles. The van der Waals surface area contributed by atoms with Crippen LogP contribution in [0, 0.1) is 6.92 Å². The van der Waals surface area contributed by atoms with Crippen LogP contribution >= 0.6 is 11.6 Å². The maximum absolute atomic E-state index is 10.1. The van der Waals surface area contributed by atoms with Gasteiger partial charge in [-0.1, -0.05) is 23.7 Å². The van der Waals surface area contributed by atoms with Gasteiger partial charge in [-0.05, 0) is 42.8 Å². The molecule has 0 unspecified atom stereocenters. The maximum Gasteiger partial charge on any atom is 0.215 e. The third-order valence-electron chi connectivity index (χ3n) is 3.28. The minimum absolute atomic E-state index is 0.308. The van der Waals surface area contributed by atoms with E-state index in [9.17, 15) is 5.11 Å². The molecule has 108 valence electrons. The van der Waals surface area contributed by atoms with Crippen molar-refractivity contribution in [2.24, 2.45) is 0 Å². The number of imidazole rings is 1. The Morgan fingerprint density at radius 2 is 2.10 bits per heavy atom. The van der Waals surface area contributed by atoms with Crippen LogP contribution in [0.15, 0.2) is 48.8 Å². The summed E-state index contributed by atoms with van der Waals surface area (Å²) in [5.74, 6) is 0.592. The Labute approximate surface area is 127 Å². The highest BCUT2D eigenvalue weighted by atomic mass is 35.5. The first kappa shape index (κ1) is 13.9. The Kier molecular flexibility index (Phi) is 3.82. The zero-order valence-corrected chi connectivity index (χ0v) is 12.3. The van der Waals surface area contributed by atoms with Crippen molar-refractivity contribution in [3.05, 3.63) is 59.4 Å². The number of fused-ring (bicyclic) bond motifs is 1. The Balaban J connectivity index is 1.74. The van der Waals surface area contributed by atoms with Crippen molar-refractivity contribution in [2.75, 3.05) is 0 Å². The lowest BCUT2D eigenvalue weighted by atomic mass is 10.2. The van der Waals surface area contributed by atoms with E-state index in [1.54, 1.807) is 24.5 Å². The number of aryl methyl sites for hydroxylation is 1. The molecule has 0 spiro atoms. The summed E-state index contributed by atoms with van der Waals surface area (Å²) in [6, 6.07) is 13.1. The number of benzene rings is 2. The van der Waals surface area contributed by atoms with E-state index in [1.807, 2.05) is 35.8 Å². The van der Waals surface area contributed by atoms with Gasteiger partial charge in [-0.25, -0.2) is 4.98 Å². The molecule has 3 aromatic rings. The number of nitrogens with zero attached hydrogens (tertiary/aromatic N) is 2. The van der Waals surface area contributed by atoms with Gasteiger partial charge in [0.05, 0.1) is 23.9 Å². The number of aliphatic hydroxyl groups is 1. The predicted octanol–water partition coefficient (Wildman–Crippen LogP) is 3.40. The number of hydrogen-bond acceptors (Lipinski definition) is 3. The van der Waals surface area contributed by atoms with Gasteiger partial charge in [0, 0.05) is 5.02 Å². The van der Waals surface area contributed by atoms with Gasteiger partial charge in [0.15, 0.2) is 0 Å². The number of aliphatic hydroxyl groups excluding tert-OH is 1. The molecule has 0 bridgehead atoms. The molecule has 0 fully saturated rings. The topological polar surface area (TPSA) is 47.3 Å². The number of halogens is 1. The molecule has 0 aliphatic carbocycles. The van der Waals surface area contributed by atoms with Crippen molar-refractivity contribution in [3.8, 4) is 5.75 Å². The van der Waals surface area contributed by atoms with E-state index < -0.39 is 6.29 Å². The summed E-state index contributed by atoms with van der Waals surface area (Å²) in [4.78, 5) is 4.28. The molecule has 3 rings (SSSR count). The van der Waals surface area contributed by atoms with E-state index in [4.69, 9.17) is 16.3 Å². The number of rotatable bonds is 4. The Morgan fingerprint density at radius 3 is 2.90 bits per heavy atom. The van der Waals surface area contributed by atoms with Crippen LogP contribution < -0.4 is 4.74 Å². The molecule has 0 saturated heterocycles. The number of aromatic nitrogens is 2. The smallest absolute Gasteiger partial charge is 0.215 e. The molecule has 2 aromatic carbocycles. The second-order valence-corrected chi connectivity index (χ2v) is 5.28. The minimum atomic E-state index is -0.955. The molecule has 1 N–H and O–H groups in total. The van der Waals surface area contributed by atoms with Crippen molar-refractivity contribution >= 4 is 22.6 Å². The van der Waals surface area contributed by atoms with Crippen LogP contribution in [0.5, 0.6) is 5.75 Å². The second kappa shape index (κ2) is 5.76. The zero-order chi connectivity index (χ0) is 14.8. The monoisotopic (exact) mass is 302 g/mol. The predicted molar refractivity (Wildman–Crippen MR) is 82.6 cm³/mol. The minimum Gasteiger partial charge on any atom is -0.463 e. The number of hydrogen-bond donors (Lipinski definition) is 1. The third-order valence-corrected chi connectivity index (χ3v) is 3.71. The molecule has 0 saturated carbocycles. The normalized spacial score (nSPS) is 12.5. The highest BCUT2D eigenvalue weighted by Gasteiger charge is 2.10. The highest BCUT2D eigenvalue weighted by Crippen LogP contribution is 2.22. The lowest BCUT2D eigenvalue weighted by Crippen LogP contribution is -2.22. The number of para-hydroxylation sites is 2. The second-order valence-electron chi connectivity index (χ2n) is 4.87. The first-order valence-electron chi connectivity index (χ1n) is 6.64. The van der Waals surface area contributed by atoms with Crippen molar-refractivity contribution in [1.82, 2.24) is 9.55 Å². The van der Waals surface area contributed by atoms with Crippen LogP contribution in [0.4, 0.5) is 0 Å². The van der Waals surface area contributed by atoms with Crippen molar-refractivity contribution in [1.29, 1.82) is 0 Å². The summed E-state index contributed by atoms with van der Waals surface area (Å²) < 4.78 is 7.38. The van der Waals surface area contributed by atoms with Crippen LogP contribution in [0.3, 0.4) is 0 Å². The fraction of sp³-hybridized carbons (Fsp3) is 0.188. The molecule has 4 nitrogen and oxygen atoms in total. The summed E-state index contributed by atoms with van der Waals surface area (Å²) in [7, 11) is 0. The molecule has 1 heterocycles. The molecular formula is C16H15ClN2O2. The van der Waals surface area contributed by atoms with Crippen LogP contribution in [-0.2, 0) is 6.54 Å². The molecule has 0 radical (unpaired) electrons. The first-order chi connectivity index (χ1) is 10.1. The Morgan fingerprint density at radius 1 is 1.29 bits per heavy atom. The third kappa shape index (κ3) is 3.01. The van der Waals surface area contributed by atoms with Gasteiger partial charge in [0.2, 0.25) is 6.29 Å². The van der Waals surface area contributed by atoms with Gasteiger partial charge in [0.1, 0.15) is 5.75 Å². The maximum atomic E-state index is 10.1. The van der Waals surface area contributed by atoms with Gasteiger partial charge >= 0.3 is 0 Å². The standard InChI is InChI=1S/C16H15ClN2O2/c1-11-8-12(6-7-13(11)17)21-16(20)9-19-10-18-14-4-2-3-5-15(14)19/h2-8,10,16,20H,9H2,1H3/t16-/m0/s1. The van der Waals surface area contributed by atoms with Gasteiger partial charge < -0.3 is 14.4 Å². The summed E-state index contributed by atoms with van der Waals surface area (Å²) in [6.45, 7) is 2.20. The summed E-state index contributed by atoms with van der Waals surface area (Å²) >= 11 is 5.97. The van der Waals surface area contributed by atoms with E-state index in [0.29, 0.717) is 17.3 Å². The average molecular weight is 303 g/mol. The lowest BCUT2D eigenvalue weighted by Gasteiger charge is -2.15. The summed E-state index contributed by atoms with van der Waals surface area (Å²) in [5.41, 5.74) is 2.77. The van der Waals surface area contributed by atoms with Gasteiger partial charge in [0.25, 0.3) is 0 Å². The molecule has 5 heteroatoms. The fourth-order valence-corrected chi connectivity index (χ4v) is 2.33. The Bertz CT molecular complexity index is 770. The molecule has 21 heavy (non-hydrogen) atoms. The molecule has 0 aliphatic rings. The van der Waals surface area contributed by atoms with E-state index in [0.717, 1.165) is 16.6 Å². The molecule has 0 aliphatic heterocycles. The molecule has 1 atom stereocenters. The van der Waals surface area contributed by atoms with Gasteiger partial charge in [-0.15, -0.1) is 0 Å². The van der Waals surface area contributed by atoms with Gasteiger partial charge in [-0.3, -0.25) is 0 Å². The van der Waals surface area contributed by atoms with Crippen LogP contribution in [0.2, 0.25) is 5.02 Å². The van der Waals surface area contributed by atoms with Crippen LogP contribution in [0.25, 0.3) is 11.0 Å². The van der Waals surface area contributed by atoms with E-state index in [-0.39, 0.29) is 0 Å². The quantitative estimate of drug-likeness (QED) is 0.751. The molecular weight excluding hydrogens is 288 g/mol. The zero-order valence-electron chi connectivity index (χ0n) is 11.5. The van der Waals surface area contributed by atoms with Crippen molar-refractivity contribution in [3.63, 3.8) is 0 Å². The highest BCUT2D eigenvalue weighted by molar-refractivity contribution is 6.31. The number of ether oxygens (including phenoxy) is 1. The largest absolute Gasteiger partial charge is 0.463 e. The van der Waals surface area contributed by atoms with E-state index >= 15 is 0 Å². The van der Waals surface area contributed by atoms with Gasteiger partial charge in [-0.2, -0.15) is 0 Å². The summed E-state index contributed by atoms with van der Waals surface area (Å²) in [6.07, 6.45) is 0.743.